The molecule has 0 radical (unpaired) electrons. The summed E-state index contributed by atoms with van der Waals surface area (Å²) >= 11 is 0. The molecule has 0 aromatic carbocycles. The molecule has 1 fully saturated rings. The van der Waals surface area contributed by atoms with Crippen LogP contribution >= 0.6 is 0 Å². The summed E-state index contributed by atoms with van der Waals surface area (Å²) in [5, 5.41) is 8.62. The van der Waals surface area contributed by atoms with Crippen molar-refractivity contribution in [3.8, 4) is 0 Å². The molecular formula is C13H20N4O. The highest BCUT2D eigenvalue weighted by Gasteiger charge is 2.22. The van der Waals surface area contributed by atoms with Gasteiger partial charge in [-0.15, -0.1) is 10.2 Å². The molecule has 1 saturated heterocycles. The number of nitrogens with zero attached hydrogens (tertiary/aromatic N) is 4. The average Bonchev–Trinajstić information content (AvgIpc) is 2.83. The Kier molecular flexibility index (Phi) is 3.41. The number of fused-ring (bicyclic) bond motifs is 1. The zero-order valence-electron chi connectivity index (χ0n) is 10.7. The van der Waals surface area contributed by atoms with Crippen molar-refractivity contribution in [3.63, 3.8) is 0 Å². The molecule has 0 amide bonds. The Morgan fingerprint density at radius 3 is 2.78 bits per heavy atom. The minimum atomic E-state index is 0.272. The Hall–Kier alpha value is -1.23. The van der Waals surface area contributed by atoms with Gasteiger partial charge in [0.15, 0.2) is 0 Å². The summed E-state index contributed by atoms with van der Waals surface area (Å²) in [6.07, 6.45) is 6.64. The lowest BCUT2D eigenvalue weighted by molar-refractivity contribution is -0.112. The van der Waals surface area contributed by atoms with Gasteiger partial charge in [-0.1, -0.05) is 0 Å². The molecule has 98 valence electrons. The van der Waals surface area contributed by atoms with Crippen molar-refractivity contribution in [2.75, 3.05) is 13.1 Å². The van der Waals surface area contributed by atoms with Crippen LogP contribution in [0.4, 0.5) is 0 Å². The standard InChI is InChI=1S/C13H20N4O/c18-10-11-4-7-16(8-5-11)9-13-15-14-12-3-1-2-6-17(12)13/h10-11H,1-9H2. The van der Waals surface area contributed by atoms with Crippen molar-refractivity contribution in [1.82, 2.24) is 19.7 Å². The van der Waals surface area contributed by atoms with Crippen molar-refractivity contribution in [2.45, 2.75) is 45.2 Å². The maximum atomic E-state index is 10.7. The second-order valence-electron chi connectivity index (χ2n) is 5.39. The fourth-order valence-corrected chi connectivity index (χ4v) is 2.93. The van der Waals surface area contributed by atoms with E-state index in [0.29, 0.717) is 0 Å². The third-order valence-electron chi connectivity index (χ3n) is 4.13. The van der Waals surface area contributed by atoms with Crippen LogP contribution in [-0.4, -0.2) is 39.0 Å². The molecule has 0 aliphatic carbocycles. The third-order valence-corrected chi connectivity index (χ3v) is 4.13. The Morgan fingerprint density at radius 2 is 2.00 bits per heavy atom. The van der Waals surface area contributed by atoms with Gasteiger partial charge in [0, 0.05) is 18.9 Å². The largest absolute Gasteiger partial charge is 0.314 e. The van der Waals surface area contributed by atoms with E-state index in [1.165, 1.54) is 12.8 Å². The van der Waals surface area contributed by atoms with Crippen LogP contribution in [0.15, 0.2) is 0 Å². The lowest BCUT2D eigenvalue weighted by Gasteiger charge is -2.29. The predicted molar refractivity (Wildman–Crippen MR) is 67.0 cm³/mol. The molecule has 3 heterocycles. The van der Waals surface area contributed by atoms with Crippen LogP contribution in [0.3, 0.4) is 0 Å². The lowest BCUT2D eigenvalue weighted by Crippen LogP contribution is -2.34. The third kappa shape index (κ3) is 2.32. The van der Waals surface area contributed by atoms with Gasteiger partial charge in [-0.05, 0) is 38.8 Å². The minimum Gasteiger partial charge on any atom is -0.314 e. The van der Waals surface area contributed by atoms with E-state index in [1.807, 2.05) is 0 Å². The number of likely N-dealkylation sites (tertiary alicyclic amines) is 1. The Bertz CT molecular complexity index is 421. The van der Waals surface area contributed by atoms with E-state index in [1.54, 1.807) is 0 Å². The van der Waals surface area contributed by atoms with Crippen LogP contribution in [0.2, 0.25) is 0 Å². The zero-order chi connectivity index (χ0) is 12.4. The van der Waals surface area contributed by atoms with Gasteiger partial charge in [0.25, 0.3) is 0 Å². The molecular weight excluding hydrogens is 228 g/mol. The molecule has 0 atom stereocenters. The summed E-state index contributed by atoms with van der Waals surface area (Å²) < 4.78 is 2.29. The van der Waals surface area contributed by atoms with Gasteiger partial charge in [0.2, 0.25) is 0 Å². The van der Waals surface area contributed by atoms with Crippen molar-refractivity contribution in [1.29, 1.82) is 0 Å². The zero-order valence-corrected chi connectivity index (χ0v) is 10.7. The van der Waals surface area contributed by atoms with Gasteiger partial charge in [-0.3, -0.25) is 4.90 Å². The van der Waals surface area contributed by atoms with Crippen LogP contribution < -0.4 is 0 Å². The number of hydrogen-bond donors (Lipinski definition) is 0. The number of piperidine rings is 1. The smallest absolute Gasteiger partial charge is 0.147 e. The van der Waals surface area contributed by atoms with E-state index >= 15 is 0 Å². The summed E-state index contributed by atoms with van der Waals surface area (Å²) in [4.78, 5) is 13.1. The lowest BCUT2D eigenvalue weighted by atomic mass is 9.99. The van der Waals surface area contributed by atoms with Crippen molar-refractivity contribution < 1.29 is 4.79 Å². The number of carbonyl (C=O) groups is 1. The summed E-state index contributed by atoms with van der Waals surface area (Å²) in [7, 11) is 0. The Balaban J connectivity index is 1.63. The maximum absolute atomic E-state index is 10.7. The first kappa shape index (κ1) is 11.8. The van der Waals surface area contributed by atoms with Crippen LogP contribution in [0.5, 0.6) is 0 Å². The van der Waals surface area contributed by atoms with E-state index in [9.17, 15) is 4.79 Å². The highest BCUT2D eigenvalue weighted by Crippen LogP contribution is 2.19. The number of aldehydes is 1. The highest BCUT2D eigenvalue weighted by molar-refractivity contribution is 5.53. The maximum Gasteiger partial charge on any atom is 0.147 e. The number of aryl methyl sites for hydroxylation is 1. The second kappa shape index (κ2) is 5.18. The molecule has 0 unspecified atom stereocenters. The highest BCUT2D eigenvalue weighted by atomic mass is 16.1. The second-order valence-corrected chi connectivity index (χ2v) is 5.39. The monoisotopic (exact) mass is 248 g/mol. The molecule has 0 bridgehead atoms. The molecule has 2 aliphatic heterocycles. The fraction of sp³-hybridized carbons (Fsp3) is 0.769. The van der Waals surface area contributed by atoms with Crippen LogP contribution in [0.1, 0.15) is 37.3 Å². The fourth-order valence-electron chi connectivity index (χ4n) is 2.93. The van der Waals surface area contributed by atoms with Gasteiger partial charge >= 0.3 is 0 Å². The van der Waals surface area contributed by atoms with E-state index in [0.717, 1.165) is 63.4 Å². The molecule has 2 aliphatic rings. The quantitative estimate of drug-likeness (QED) is 0.750. The summed E-state index contributed by atoms with van der Waals surface area (Å²) in [5.74, 6) is 2.53. The van der Waals surface area contributed by atoms with E-state index in [-0.39, 0.29) is 5.92 Å². The first-order chi connectivity index (χ1) is 8.86. The van der Waals surface area contributed by atoms with Crippen LogP contribution in [-0.2, 0) is 24.3 Å². The van der Waals surface area contributed by atoms with Crippen molar-refractivity contribution in [3.05, 3.63) is 11.6 Å². The Morgan fingerprint density at radius 1 is 1.17 bits per heavy atom. The van der Waals surface area contributed by atoms with Crippen LogP contribution in [0, 0.1) is 5.92 Å². The SMILES string of the molecule is O=CC1CCN(Cc2nnc3n2CCCC3)CC1. The number of rotatable bonds is 3. The molecule has 18 heavy (non-hydrogen) atoms. The Labute approximate surface area is 107 Å². The molecule has 0 N–H and O–H groups in total. The molecule has 5 nitrogen and oxygen atoms in total. The van der Waals surface area contributed by atoms with E-state index in [4.69, 9.17) is 0 Å². The minimum absolute atomic E-state index is 0.272. The molecule has 0 spiro atoms. The van der Waals surface area contributed by atoms with Crippen LogP contribution in [0.25, 0.3) is 0 Å². The molecule has 5 heteroatoms. The molecule has 3 rings (SSSR count). The first-order valence-electron chi connectivity index (χ1n) is 6.95. The molecule has 1 aromatic rings. The van der Waals surface area contributed by atoms with Gasteiger partial charge in [0.1, 0.15) is 17.9 Å². The van der Waals surface area contributed by atoms with Gasteiger partial charge in [-0.2, -0.15) is 0 Å². The summed E-state index contributed by atoms with van der Waals surface area (Å²) in [6.45, 7) is 3.97. The van der Waals surface area contributed by atoms with Gasteiger partial charge in [0.05, 0.1) is 6.54 Å². The number of carbonyl (C=O) groups excluding carboxylic acids is 1. The van der Waals surface area contributed by atoms with Gasteiger partial charge in [-0.25, -0.2) is 0 Å². The molecule has 0 saturated carbocycles. The van der Waals surface area contributed by atoms with Crippen molar-refractivity contribution >= 4 is 6.29 Å². The van der Waals surface area contributed by atoms with E-state index in [2.05, 4.69) is 19.7 Å². The number of aromatic nitrogens is 3. The normalized spacial score (nSPS) is 21.8. The van der Waals surface area contributed by atoms with Crippen molar-refractivity contribution in [2.24, 2.45) is 5.92 Å². The predicted octanol–water partition coefficient (Wildman–Crippen LogP) is 1.03. The first-order valence-corrected chi connectivity index (χ1v) is 6.95. The molecule has 1 aromatic heterocycles. The average molecular weight is 248 g/mol. The number of hydrogen-bond acceptors (Lipinski definition) is 4. The topological polar surface area (TPSA) is 51.0 Å². The van der Waals surface area contributed by atoms with Gasteiger partial charge < -0.3 is 9.36 Å². The summed E-state index contributed by atoms with van der Waals surface area (Å²) in [5.41, 5.74) is 0. The van der Waals surface area contributed by atoms with E-state index < -0.39 is 0 Å². The summed E-state index contributed by atoms with van der Waals surface area (Å²) in [6, 6.07) is 0.